The monoisotopic (exact) mass is 402 g/mol. The molecule has 4 heteroatoms. The Labute approximate surface area is 175 Å². The molecule has 4 aliphatic rings. The number of carboxylic acids is 1. The Kier molecular flexibility index (Phi) is 5.25. The van der Waals surface area contributed by atoms with Crippen molar-refractivity contribution in [1.29, 1.82) is 0 Å². The zero-order valence-corrected chi connectivity index (χ0v) is 18.3. The molecule has 0 aromatic rings. The van der Waals surface area contributed by atoms with Gasteiger partial charge in [0.1, 0.15) is 0 Å². The number of aliphatic hydroxyl groups is 1. The van der Waals surface area contributed by atoms with Gasteiger partial charge in [0.15, 0.2) is 5.78 Å². The number of aliphatic hydroxyl groups excluding tert-OH is 1. The second-order valence-corrected chi connectivity index (χ2v) is 11.3. The third-order valence-corrected chi connectivity index (χ3v) is 10.1. The van der Waals surface area contributed by atoms with Crippen molar-refractivity contribution in [2.75, 3.05) is 0 Å². The molecule has 2 N–H and O–H groups in total. The summed E-state index contributed by atoms with van der Waals surface area (Å²) in [7, 11) is 0. The lowest BCUT2D eigenvalue weighted by Gasteiger charge is -2.60. The highest BCUT2D eigenvalue weighted by Gasteiger charge is 2.63. The van der Waals surface area contributed by atoms with E-state index in [0.29, 0.717) is 30.1 Å². The maximum atomic E-state index is 13.6. The second kappa shape index (κ2) is 7.21. The van der Waals surface area contributed by atoms with Gasteiger partial charge in [-0.15, -0.1) is 0 Å². The van der Waals surface area contributed by atoms with Crippen molar-refractivity contribution >= 4 is 11.8 Å². The van der Waals surface area contributed by atoms with Crippen molar-refractivity contribution in [3.05, 3.63) is 12.2 Å². The van der Waals surface area contributed by atoms with Crippen molar-refractivity contribution in [1.82, 2.24) is 0 Å². The van der Waals surface area contributed by atoms with Gasteiger partial charge in [-0.2, -0.15) is 0 Å². The van der Waals surface area contributed by atoms with Crippen LogP contribution in [0.3, 0.4) is 0 Å². The number of fused-ring (bicyclic) bond motifs is 5. The molecule has 0 heterocycles. The molecular weight excluding hydrogens is 364 g/mol. The predicted octanol–water partition coefficient (Wildman–Crippen LogP) is 4.85. The highest BCUT2D eigenvalue weighted by Crippen LogP contribution is 2.68. The van der Waals surface area contributed by atoms with Gasteiger partial charge in [-0.25, -0.2) is 0 Å². The maximum absolute atomic E-state index is 13.6. The Balaban J connectivity index is 1.61. The molecule has 0 unspecified atom stereocenters. The van der Waals surface area contributed by atoms with Crippen LogP contribution in [0.1, 0.15) is 78.6 Å². The molecule has 0 saturated heterocycles. The number of carboxylic acid groups (broad SMARTS) is 1. The number of rotatable bonds is 4. The minimum Gasteiger partial charge on any atom is -0.481 e. The highest BCUT2D eigenvalue weighted by atomic mass is 16.4. The number of carbonyl (C=O) groups is 2. The summed E-state index contributed by atoms with van der Waals surface area (Å²) in [6.45, 7) is 11.2. The standard InChI is InChI=1S/C25H38O4/c1-14(5-8-21(27)28)17-6-7-18-22-19(10-12-24(17,18)3)25(4)11-9-16(26)13-20(25)15(2)23(22)29/h14,16-20,22,26H,2,5-13H2,1,3-4H3,(H,27,28)/t14-,16-,17-,18+,19+,20+,22+,24-,25-/m1/s1. The van der Waals surface area contributed by atoms with Crippen molar-refractivity contribution in [2.45, 2.75) is 84.7 Å². The average molecular weight is 403 g/mol. The predicted molar refractivity (Wildman–Crippen MR) is 112 cm³/mol. The van der Waals surface area contributed by atoms with Crippen LogP contribution in [0.5, 0.6) is 0 Å². The van der Waals surface area contributed by atoms with Crippen molar-refractivity contribution < 1.29 is 19.8 Å². The van der Waals surface area contributed by atoms with E-state index in [2.05, 4.69) is 27.4 Å². The van der Waals surface area contributed by atoms with Gasteiger partial charge in [-0.1, -0.05) is 27.4 Å². The van der Waals surface area contributed by atoms with E-state index >= 15 is 0 Å². The first-order valence-electron chi connectivity index (χ1n) is 11.7. The van der Waals surface area contributed by atoms with Crippen LogP contribution in [0, 0.1) is 46.3 Å². The molecule has 0 amide bonds. The van der Waals surface area contributed by atoms with Gasteiger partial charge in [-0.3, -0.25) is 9.59 Å². The molecule has 0 aliphatic heterocycles. The largest absolute Gasteiger partial charge is 0.481 e. The Hall–Kier alpha value is -1.16. The van der Waals surface area contributed by atoms with Crippen molar-refractivity contribution in [3.63, 3.8) is 0 Å². The van der Waals surface area contributed by atoms with Crippen LogP contribution >= 0.6 is 0 Å². The van der Waals surface area contributed by atoms with Crippen molar-refractivity contribution in [3.8, 4) is 0 Å². The first-order valence-corrected chi connectivity index (χ1v) is 11.7. The van der Waals surface area contributed by atoms with E-state index in [-0.39, 0.29) is 41.0 Å². The topological polar surface area (TPSA) is 74.6 Å². The Morgan fingerprint density at radius 1 is 1.14 bits per heavy atom. The normalized spacial score (nSPS) is 47.9. The number of carbonyl (C=O) groups excluding carboxylic acids is 1. The molecule has 0 aromatic carbocycles. The SMILES string of the molecule is C=C1C(=O)[C@@H]2[C@H](CC[C@]3(C)[C@@H]([C@H](C)CCC(=O)O)CC[C@@H]23)[C@@]2(C)CC[C@@H](O)C[C@@H]12. The second-order valence-electron chi connectivity index (χ2n) is 11.3. The lowest BCUT2D eigenvalue weighted by atomic mass is 9.43. The molecule has 4 rings (SSSR count). The molecular formula is C25H38O4. The maximum Gasteiger partial charge on any atom is 0.303 e. The fourth-order valence-electron chi connectivity index (χ4n) is 8.45. The molecule has 0 spiro atoms. The van der Waals surface area contributed by atoms with Crippen LogP contribution in [0.2, 0.25) is 0 Å². The number of aliphatic carboxylic acids is 1. The smallest absolute Gasteiger partial charge is 0.303 e. The van der Waals surface area contributed by atoms with E-state index in [1.807, 2.05) is 0 Å². The average Bonchev–Trinajstić information content (AvgIpc) is 3.02. The molecule has 4 fully saturated rings. The van der Waals surface area contributed by atoms with Crippen LogP contribution < -0.4 is 0 Å². The van der Waals surface area contributed by atoms with Crippen LogP contribution in [-0.2, 0) is 9.59 Å². The number of ketones is 1. The zero-order valence-electron chi connectivity index (χ0n) is 18.3. The van der Waals surface area contributed by atoms with Crippen LogP contribution in [0.4, 0.5) is 0 Å². The van der Waals surface area contributed by atoms with Gasteiger partial charge in [0.2, 0.25) is 0 Å². The Morgan fingerprint density at radius 3 is 2.48 bits per heavy atom. The fraction of sp³-hybridized carbons (Fsp3) is 0.840. The first kappa shape index (κ1) is 21.1. The van der Waals surface area contributed by atoms with Gasteiger partial charge < -0.3 is 10.2 Å². The number of hydrogen-bond acceptors (Lipinski definition) is 3. The minimum absolute atomic E-state index is 0.0782. The molecule has 4 nitrogen and oxygen atoms in total. The molecule has 29 heavy (non-hydrogen) atoms. The molecule has 0 aromatic heterocycles. The lowest BCUT2D eigenvalue weighted by molar-refractivity contribution is -0.149. The van der Waals surface area contributed by atoms with Crippen LogP contribution in [0.15, 0.2) is 12.2 Å². The fourth-order valence-corrected chi connectivity index (χ4v) is 8.45. The number of Topliss-reactive ketones (excluding diaryl/α,β-unsaturated/α-hetero) is 1. The summed E-state index contributed by atoms with van der Waals surface area (Å²) in [5, 5.41) is 19.4. The molecule has 162 valence electrons. The molecule has 0 radical (unpaired) electrons. The number of hydrogen-bond donors (Lipinski definition) is 2. The van der Waals surface area contributed by atoms with Crippen LogP contribution in [-0.4, -0.2) is 28.1 Å². The van der Waals surface area contributed by atoms with E-state index in [1.54, 1.807) is 0 Å². The highest BCUT2D eigenvalue weighted by molar-refractivity contribution is 5.99. The molecule has 9 atom stereocenters. The lowest BCUT2D eigenvalue weighted by Crippen LogP contribution is -2.58. The summed E-state index contributed by atoms with van der Waals surface area (Å²) in [5.41, 5.74) is 0.995. The first-order chi connectivity index (χ1) is 13.6. The summed E-state index contributed by atoms with van der Waals surface area (Å²) in [6, 6.07) is 0. The van der Waals surface area contributed by atoms with E-state index < -0.39 is 5.97 Å². The Bertz CT molecular complexity index is 714. The van der Waals surface area contributed by atoms with Gasteiger partial charge >= 0.3 is 5.97 Å². The summed E-state index contributed by atoms with van der Waals surface area (Å²) >= 11 is 0. The van der Waals surface area contributed by atoms with E-state index in [4.69, 9.17) is 5.11 Å². The third-order valence-electron chi connectivity index (χ3n) is 10.1. The van der Waals surface area contributed by atoms with Gasteiger partial charge in [0, 0.05) is 12.3 Å². The van der Waals surface area contributed by atoms with Gasteiger partial charge in [0.05, 0.1) is 6.10 Å². The zero-order chi connectivity index (χ0) is 21.1. The molecule has 4 aliphatic carbocycles. The Morgan fingerprint density at radius 2 is 1.79 bits per heavy atom. The summed E-state index contributed by atoms with van der Waals surface area (Å²) in [5.74, 6) is 1.47. The van der Waals surface area contributed by atoms with Gasteiger partial charge in [-0.05, 0) is 97.4 Å². The molecule has 4 saturated carbocycles. The van der Waals surface area contributed by atoms with Gasteiger partial charge in [0.25, 0.3) is 0 Å². The minimum atomic E-state index is -0.711. The van der Waals surface area contributed by atoms with Crippen molar-refractivity contribution in [2.24, 2.45) is 46.3 Å². The van der Waals surface area contributed by atoms with E-state index in [9.17, 15) is 14.7 Å². The number of allylic oxidation sites excluding steroid dienone is 1. The van der Waals surface area contributed by atoms with E-state index in [0.717, 1.165) is 50.5 Å². The summed E-state index contributed by atoms with van der Waals surface area (Å²) in [4.78, 5) is 24.6. The quantitative estimate of drug-likeness (QED) is 0.659. The van der Waals surface area contributed by atoms with Crippen LogP contribution in [0.25, 0.3) is 0 Å². The third kappa shape index (κ3) is 3.12. The van der Waals surface area contributed by atoms with E-state index in [1.165, 1.54) is 0 Å². The summed E-state index contributed by atoms with van der Waals surface area (Å²) in [6.07, 6.45) is 7.63. The molecule has 0 bridgehead atoms. The summed E-state index contributed by atoms with van der Waals surface area (Å²) < 4.78 is 0.